The van der Waals surface area contributed by atoms with Gasteiger partial charge in [0.15, 0.2) is 0 Å². The Labute approximate surface area is 105 Å². The molecule has 0 saturated carbocycles. The van der Waals surface area contributed by atoms with E-state index in [4.69, 9.17) is 0 Å². The van der Waals surface area contributed by atoms with Crippen molar-refractivity contribution in [2.45, 2.75) is 41.0 Å². The molecule has 0 aliphatic rings. The highest BCUT2D eigenvalue weighted by atomic mass is 16.2. The Balaban J connectivity index is 4.45. The summed E-state index contributed by atoms with van der Waals surface area (Å²) in [6.07, 6.45) is 0.841. The van der Waals surface area contributed by atoms with E-state index in [2.05, 4.69) is 5.32 Å². The van der Waals surface area contributed by atoms with Gasteiger partial charge in [0.25, 0.3) is 0 Å². The number of rotatable bonds is 6. The van der Waals surface area contributed by atoms with Crippen LogP contribution in [0.5, 0.6) is 0 Å². The molecule has 0 aromatic rings. The number of nitrogens with one attached hydrogen (secondary N) is 1. The van der Waals surface area contributed by atoms with Crippen molar-refractivity contribution in [3.8, 4) is 0 Å². The predicted octanol–water partition coefficient (Wildman–Crippen LogP) is 1.65. The Morgan fingerprint density at radius 1 is 1.06 bits per heavy atom. The fraction of sp³-hybridized carbons (Fsp3) is 0.846. The molecule has 0 bridgehead atoms. The molecule has 2 amide bonds. The van der Waals surface area contributed by atoms with E-state index in [-0.39, 0.29) is 0 Å². The van der Waals surface area contributed by atoms with E-state index < -0.39 is 11.8 Å². The zero-order valence-electron chi connectivity index (χ0n) is 11.7. The van der Waals surface area contributed by atoms with Crippen LogP contribution in [-0.2, 0) is 9.59 Å². The molecule has 0 spiro atoms. The maximum atomic E-state index is 11.9. The summed E-state index contributed by atoms with van der Waals surface area (Å²) in [5.74, 6) is -0.137. The lowest BCUT2D eigenvalue weighted by atomic mass is 10.1. The average molecular weight is 242 g/mol. The topological polar surface area (TPSA) is 49.4 Å². The molecule has 1 N–H and O–H groups in total. The van der Waals surface area contributed by atoms with Crippen LogP contribution in [0, 0.1) is 11.8 Å². The highest BCUT2D eigenvalue weighted by molar-refractivity contribution is 6.35. The summed E-state index contributed by atoms with van der Waals surface area (Å²) in [4.78, 5) is 25.2. The SMILES string of the molecule is CCCNC(=O)C(=O)N(CC(C)C)CC(C)C. The van der Waals surface area contributed by atoms with Crippen LogP contribution in [-0.4, -0.2) is 36.3 Å². The van der Waals surface area contributed by atoms with Gasteiger partial charge >= 0.3 is 11.8 Å². The van der Waals surface area contributed by atoms with E-state index >= 15 is 0 Å². The van der Waals surface area contributed by atoms with Gasteiger partial charge in [0.05, 0.1) is 0 Å². The smallest absolute Gasteiger partial charge is 0.311 e. The molecule has 0 aromatic carbocycles. The minimum absolute atomic E-state index is 0.372. The molecule has 0 unspecified atom stereocenters. The summed E-state index contributed by atoms with van der Waals surface area (Å²) >= 11 is 0. The van der Waals surface area contributed by atoms with Crippen LogP contribution < -0.4 is 5.32 Å². The van der Waals surface area contributed by atoms with E-state index in [9.17, 15) is 9.59 Å². The molecule has 0 radical (unpaired) electrons. The van der Waals surface area contributed by atoms with Crippen molar-refractivity contribution in [3.63, 3.8) is 0 Å². The first-order valence-electron chi connectivity index (χ1n) is 6.45. The van der Waals surface area contributed by atoms with Gasteiger partial charge in [-0.2, -0.15) is 0 Å². The zero-order chi connectivity index (χ0) is 13.4. The molecule has 0 saturated heterocycles. The summed E-state index contributed by atoms with van der Waals surface area (Å²) in [5.41, 5.74) is 0. The van der Waals surface area contributed by atoms with Crippen molar-refractivity contribution in [1.29, 1.82) is 0 Å². The first kappa shape index (κ1) is 15.9. The van der Waals surface area contributed by atoms with Crippen molar-refractivity contribution in [2.24, 2.45) is 11.8 Å². The van der Waals surface area contributed by atoms with Crippen molar-refractivity contribution < 1.29 is 9.59 Å². The molecule has 0 atom stereocenters. The van der Waals surface area contributed by atoms with Crippen molar-refractivity contribution in [3.05, 3.63) is 0 Å². The quantitative estimate of drug-likeness (QED) is 0.720. The number of carbonyl (C=O) groups excluding carboxylic acids is 2. The van der Waals surface area contributed by atoms with E-state index in [0.29, 0.717) is 31.5 Å². The highest BCUT2D eigenvalue weighted by Crippen LogP contribution is 2.04. The van der Waals surface area contributed by atoms with Gasteiger partial charge in [0, 0.05) is 19.6 Å². The van der Waals surface area contributed by atoms with Crippen LogP contribution >= 0.6 is 0 Å². The average Bonchev–Trinajstić information content (AvgIpc) is 2.22. The zero-order valence-corrected chi connectivity index (χ0v) is 11.7. The van der Waals surface area contributed by atoms with Crippen LogP contribution in [0.3, 0.4) is 0 Å². The first-order chi connectivity index (χ1) is 7.88. The van der Waals surface area contributed by atoms with Crippen molar-refractivity contribution >= 4 is 11.8 Å². The van der Waals surface area contributed by atoms with Crippen LogP contribution in [0.4, 0.5) is 0 Å². The second-order valence-corrected chi connectivity index (χ2v) is 5.25. The molecule has 17 heavy (non-hydrogen) atoms. The maximum absolute atomic E-state index is 11.9. The molecule has 0 fully saturated rings. The number of carbonyl (C=O) groups is 2. The summed E-state index contributed by atoms with van der Waals surface area (Å²) in [5, 5.41) is 2.63. The largest absolute Gasteiger partial charge is 0.348 e. The Kier molecular flexibility index (Phi) is 7.59. The van der Waals surface area contributed by atoms with Crippen LogP contribution in [0.1, 0.15) is 41.0 Å². The van der Waals surface area contributed by atoms with Crippen molar-refractivity contribution in [1.82, 2.24) is 10.2 Å². The van der Waals surface area contributed by atoms with Crippen LogP contribution in [0.2, 0.25) is 0 Å². The van der Waals surface area contributed by atoms with Crippen LogP contribution in [0.25, 0.3) is 0 Å². The van der Waals surface area contributed by atoms with Crippen LogP contribution in [0.15, 0.2) is 0 Å². The van der Waals surface area contributed by atoms with E-state index in [1.165, 1.54) is 0 Å². The number of amides is 2. The molecule has 0 rings (SSSR count). The van der Waals surface area contributed by atoms with Gasteiger partial charge in [-0.3, -0.25) is 9.59 Å². The molecular weight excluding hydrogens is 216 g/mol. The van der Waals surface area contributed by atoms with Crippen molar-refractivity contribution in [2.75, 3.05) is 19.6 Å². The second-order valence-electron chi connectivity index (χ2n) is 5.25. The Morgan fingerprint density at radius 2 is 1.53 bits per heavy atom. The van der Waals surface area contributed by atoms with Gasteiger partial charge in [0.1, 0.15) is 0 Å². The monoisotopic (exact) mass is 242 g/mol. The third-order valence-corrected chi connectivity index (χ3v) is 2.19. The van der Waals surface area contributed by atoms with E-state index in [1.54, 1.807) is 4.90 Å². The minimum atomic E-state index is -0.479. The third-order valence-electron chi connectivity index (χ3n) is 2.19. The summed E-state index contributed by atoms with van der Waals surface area (Å²) in [6, 6.07) is 0. The standard InChI is InChI=1S/C13H26N2O2/c1-6-7-14-12(16)13(17)15(8-10(2)3)9-11(4)5/h10-11H,6-9H2,1-5H3,(H,14,16). The lowest BCUT2D eigenvalue weighted by Crippen LogP contribution is -2.46. The second kappa shape index (κ2) is 8.09. The molecule has 100 valence electrons. The molecule has 0 aromatic heterocycles. The van der Waals surface area contributed by atoms with E-state index in [1.807, 2.05) is 34.6 Å². The van der Waals surface area contributed by atoms with Gasteiger partial charge in [-0.05, 0) is 18.3 Å². The highest BCUT2D eigenvalue weighted by Gasteiger charge is 2.22. The Morgan fingerprint density at radius 3 is 1.88 bits per heavy atom. The molecule has 4 nitrogen and oxygen atoms in total. The van der Waals surface area contributed by atoms with Gasteiger partial charge in [-0.1, -0.05) is 34.6 Å². The fourth-order valence-electron chi connectivity index (χ4n) is 1.58. The Bertz CT molecular complexity index is 240. The minimum Gasteiger partial charge on any atom is -0.348 e. The molecule has 0 aliphatic carbocycles. The predicted molar refractivity (Wildman–Crippen MR) is 69.6 cm³/mol. The van der Waals surface area contributed by atoms with Gasteiger partial charge in [-0.15, -0.1) is 0 Å². The van der Waals surface area contributed by atoms with Gasteiger partial charge < -0.3 is 10.2 Å². The summed E-state index contributed by atoms with van der Waals surface area (Å²) in [6.45, 7) is 12.0. The lowest BCUT2D eigenvalue weighted by Gasteiger charge is -2.25. The number of hydrogen-bond acceptors (Lipinski definition) is 2. The Hall–Kier alpha value is -1.06. The third kappa shape index (κ3) is 6.97. The lowest BCUT2D eigenvalue weighted by molar-refractivity contribution is -0.146. The number of nitrogens with zero attached hydrogens (tertiary/aromatic N) is 1. The van der Waals surface area contributed by atoms with Gasteiger partial charge in [-0.25, -0.2) is 0 Å². The molecule has 0 aliphatic heterocycles. The summed E-state index contributed by atoms with van der Waals surface area (Å²) in [7, 11) is 0. The normalized spacial score (nSPS) is 10.8. The first-order valence-corrected chi connectivity index (χ1v) is 6.45. The van der Waals surface area contributed by atoms with E-state index in [0.717, 1.165) is 6.42 Å². The maximum Gasteiger partial charge on any atom is 0.311 e. The van der Waals surface area contributed by atoms with Gasteiger partial charge in [0.2, 0.25) is 0 Å². The fourth-order valence-corrected chi connectivity index (χ4v) is 1.58. The molecule has 4 heteroatoms. The molecular formula is C13H26N2O2. The molecule has 0 heterocycles. The summed E-state index contributed by atoms with van der Waals surface area (Å²) < 4.78 is 0. The number of hydrogen-bond donors (Lipinski definition) is 1.